The minimum absolute atomic E-state index is 0.0737. The Bertz CT molecular complexity index is 4270. The van der Waals surface area contributed by atoms with Gasteiger partial charge in [-0.25, -0.2) is 8.78 Å². The van der Waals surface area contributed by atoms with Crippen LogP contribution in [0.15, 0.2) is 97.1 Å². The van der Waals surface area contributed by atoms with Gasteiger partial charge in [-0.2, -0.15) is 127 Å². The average molecular weight is 1270 g/mol. The molecule has 0 saturated carbocycles. The standard InChI is InChI=1S/C50H21F31N4/c51-37(52)38(53,54)25-29-17-9-1-3-11-19(17)31(82-29)26(39(55,56)42(61,62)45(67,68)48(73,74)75)33-21-13-5-7-15-23(21)35(84-33)28(41(59,60)44(65,66)47(71,72)50(79,80)81)36-24-16-8-6-14-22(24)34(85-36)27(32-20-12-4-2-10-18(20)30(25)83-32)40(57,58)43(63,64)46(69,70)49(76,77)78/h1-16,37,82-85H. The van der Waals surface area contributed by atoms with Gasteiger partial charge in [0.05, 0.1) is 66.5 Å². The number of hydrogen-bond donors (Lipinski definition) is 4. The zero-order valence-electron chi connectivity index (χ0n) is 40.0. The number of halogens is 31. The molecule has 0 amide bonds. The lowest BCUT2D eigenvalue weighted by Crippen LogP contribution is -2.62. The van der Waals surface area contributed by atoms with Gasteiger partial charge < -0.3 is 19.9 Å². The Morgan fingerprint density at radius 2 is 0.424 bits per heavy atom. The normalized spacial score (nSPS) is 15.7. The van der Waals surface area contributed by atoms with Gasteiger partial charge in [0.2, 0.25) is 0 Å². The number of hydrogen-bond acceptors (Lipinski definition) is 0. The molecule has 35 heteroatoms. The monoisotopic (exact) mass is 1270 g/mol. The molecule has 4 aromatic carbocycles. The molecule has 4 aromatic heterocycles. The van der Waals surface area contributed by atoms with Gasteiger partial charge in [0, 0.05) is 43.1 Å². The zero-order chi connectivity index (χ0) is 63.8. The zero-order valence-corrected chi connectivity index (χ0v) is 40.0. The first-order chi connectivity index (χ1) is 38.5. The van der Waals surface area contributed by atoms with Gasteiger partial charge in [-0.15, -0.1) is 0 Å². The highest BCUT2D eigenvalue weighted by atomic mass is 19.5. The molecule has 0 spiro atoms. The fourth-order valence-corrected chi connectivity index (χ4v) is 9.77. The van der Waals surface area contributed by atoms with Crippen molar-refractivity contribution in [3.63, 3.8) is 0 Å². The van der Waals surface area contributed by atoms with Crippen molar-refractivity contribution in [1.82, 2.24) is 19.9 Å². The summed E-state index contributed by atoms with van der Waals surface area (Å²) in [4.78, 5) is 5.08. The molecule has 0 fully saturated rings. The lowest BCUT2D eigenvalue weighted by Gasteiger charge is -2.35. The van der Waals surface area contributed by atoms with Crippen molar-refractivity contribution in [3.8, 4) is 0 Å². The van der Waals surface area contributed by atoms with Crippen LogP contribution in [0, 0.1) is 0 Å². The molecule has 0 radical (unpaired) electrons. The van der Waals surface area contributed by atoms with Gasteiger partial charge >= 0.3 is 84.2 Å². The third kappa shape index (κ3) is 8.17. The van der Waals surface area contributed by atoms with E-state index in [1.54, 1.807) is 0 Å². The molecule has 4 nitrogen and oxygen atoms in total. The van der Waals surface area contributed by atoms with Crippen molar-refractivity contribution in [2.24, 2.45) is 0 Å². The third-order valence-electron chi connectivity index (χ3n) is 13.8. The van der Waals surface area contributed by atoms with E-state index in [1.165, 1.54) is 9.97 Å². The van der Waals surface area contributed by atoms with E-state index < -0.39 is 194 Å². The highest BCUT2D eigenvalue weighted by molar-refractivity contribution is 6.06. The summed E-state index contributed by atoms with van der Waals surface area (Å²) in [6, 6.07) is 5.29. The molecule has 85 heavy (non-hydrogen) atoms. The Hall–Kier alpha value is -7.65. The number of H-pyrrole nitrogens is 4. The van der Waals surface area contributed by atoms with Crippen LogP contribution < -0.4 is 21.4 Å². The van der Waals surface area contributed by atoms with Crippen LogP contribution in [0.25, 0.3) is 65.4 Å². The molecule has 8 bridgehead atoms. The second-order valence-corrected chi connectivity index (χ2v) is 18.8. The second-order valence-electron chi connectivity index (χ2n) is 18.8. The van der Waals surface area contributed by atoms with Gasteiger partial charge in [-0.3, -0.25) is 0 Å². The molecule has 1 aliphatic rings. The van der Waals surface area contributed by atoms with E-state index in [0.29, 0.717) is 60.7 Å². The summed E-state index contributed by atoms with van der Waals surface area (Å²) in [5.41, 5.74) is -22.2. The molecule has 0 unspecified atom stereocenters. The Labute approximate surface area is 446 Å². The Balaban J connectivity index is 1.74. The lowest BCUT2D eigenvalue weighted by molar-refractivity contribution is -0.386. The number of aromatic amines is 4. The van der Waals surface area contributed by atoms with Crippen molar-refractivity contribution < 1.29 is 136 Å². The van der Waals surface area contributed by atoms with Crippen molar-refractivity contribution in [3.05, 3.63) is 141 Å². The maximum absolute atomic E-state index is 17.5. The largest absolute Gasteiger partial charge is 0.460 e. The predicted octanol–water partition coefficient (Wildman–Crippen LogP) is 15.0. The summed E-state index contributed by atoms with van der Waals surface area (Å²) in [7, 11) is 0. The summed E-state index contributed by atoms with van der Waals surface area (Å²) in [6.07, 6.45) is -28.8. The van der Waals surface area contributed by atoms with E-state index in [2.05, 4.69) is 0 Å². The van der Waals surface area contributed by atoms with Crippen LogP contribution in [0.3, 0.4) is 0 Å². The van der Waals surface area contributed by atoms with Crippen molar-refractivity contribution in [2.75, 3.05) is 0 Å². The molecule has 5 heterocycles. The Kier molecular flexibility index (Phi) is 13.4. The van der Waals surface area contributed by atoms with Gasteiger partial charge in [-0.1, -0.05) is 97.1 Å². The number of aromatic nitrogens is 4. The minimum Gasteiger partial charge on any atom is -0.354 e. The van der Waals surface area contributed by atoms with E-state index in [0.717, 1.165) is 9.97 Å². The Morgan fingerprint density at radius 1 is 0.235 bits per heavy atom. The van der Waals surface area contributed by atoms with E-state index in [-0.39, 0.29) is 36.4 Å². The SMILES string of the molecule is FC(F)C(F)(F)C1=c2[nH]c(c3ccccc23)=C(C(F)(F)C(F)(F)C(F)(F)C(F)(F)F)c2[nH]c(c3ccccc23)C(C(F)(F)C(F)(F)C(F)(F)C(F)(F)F)=c2[nH]c(c3ccccc23)=C(C(F)(F)C(F)(F)C(F)(F)C(F)(F)F)c2[nH]c1c1ccccc21. The van der Waals surface area contributed by atoms with Gasteiger partial charge in [0.1, 0.15) is 0 Å². The maximum atomic E-state index is 17.5. The quantitative estimate of drug-likeness (QED) is 0.0933. The van der Waals surface area contributed by atoms with Gasteiger partial charge in [0.25, 0.3) is 0 Å². The van der Waals surface area contributed by atoms with Crippen LogP contribution in [0.4, 0.5) is 136 Å². The summed E-state index contributed by atoms with van der Waals surface area (Å²) in [5.74, 6) is -77.5. The first kappa shape index (κ1) is 61.9. The molecule has 0 aliphatic carbocycles. The molecule has 8 aromatic rings. The summed E-state index contributed by atoms with van der Waals surface area (Å²) in [5, 5.41) is -22.7. The molecule has 9 rings (SSSR count). The first-order valence-corrected chi connectivity index (χ1v) is 22.8. The van der Waals surface area contributed by atoms with Crippen molar-refractivity contribution in [2.45, 2.75) is 84.2 Å². The van der Waals surface area contributed by atoms with E-state index in [4.69, 9.17) is 0 Å². The van der Waals surface area contributed by atoms with Gasteiger partial charge in [0.15, 0.2) is 0 Å². The van der Waals surface area contributed by atoms with Crippen molar-refractivity contribution in [1.29, 1.82) is 0 Å². The molecular weight excluding hydrogens is 1250 g/mol. The van der Waals surface area contributed by atoms with Gasteiger partial charge in [-0.05, 0) is 0 Å². The second kappa shape index (κ2) is 18.4. The van der Waals surface area contributed by atoms with E-state index in [1.807, 2.05) is 0 Å². The topological polar surface area (TPSA) is 63.2 Å². The number of fused-ring (bicyclic) bond motifs is 20. The molecule has 0 atom stereocenters. The predicted molar refractivity (Wildman–Crippen MR) is 235 cm³/mol. The summed E-state index contributed by atoms with van der Waals surface area (Å²) in [6.45, 7) is 0. The molecule has 458 valence electrons. The maximum Gasteiger partial charge on any atom is 0.460 e. The smallest absolute Gasteiger partial charge is 0.354 e. The van der Waals surface area contributed by atoms with Crippen molar-refractivity contribution >= 4 is 65.4 Å². The lowest BCUT2D eigenvalue weighted by atomic mass is 9.91. The van der Waals surface area contributed by atoms with Crippen LogP contribution in [-0.4, -0.2) is 104 Å². The van der Waals surface area contributed by atoms with Crippen LogP contribution in [0.2, 0.25) is 0 Å². The highest BCUT2D eigenvalue weighted by Gasteiger charge is 2.85. The summed E-state index contributed by atoms with van der Waals surface area (Å²) >= 11 is 0. The van der Waals surface area contributed by atoms with Crippen LogP contribution in [0.5, 0.6) is 0 Å². The summed E-state index contributed by atoms with van der Waals surface area (Å²) < 4.78 is 482. The number of nitrogens with one attached hydrogen (secondary N) is 4. The fraction of sp³-hybridized carbons (Fsp3) is 0.280. The average Bonchev–Trinajstić information content (AvgIpc) is 1.79. The van der Waals surface area contributed by atoms with Crippen LogP contribution in [-0.2, 0) is 0 Å². The van der Waals surface area contributed by atoms with E-state index >= 15 is 96.6 Å². The van der Waals surface area contributed by atoms with Crippen LogP contribution >= 0.6 is 0 Å². The number of benzene rings is 4. The fourth-order valence-electron chi connectivity index (χ4n) is 9.77. The minimum atomic E-state index is -8.19. The Morgan fingerprint density at radius 3 is 0.624 bits per heavy atom. The third-order valence-corrected chi connectivity index (χ3v) is 13.8. The first-order valence-electron chi connectivity index (χ1n) is 22.8. The van der Waals surface area contributed by atoms with Crippen LogP contribution in [0.1, 0.15) is 22.8 Å². The number of alkyl halides is 31. The van der Waals surface area contributed by atoms with E-state index in [9.17, 15) is 39.5 Å². The molecule has 1 aliphatic heterocycles. The molecule has 4 N–H and O–H groups in total. The molecular formula is C50H21F31N4. The highest BCUT2D eigenvalue weighted by Crippen LogP contribution is 2.61. The molecule has 0 saturated heterocycles. The number of rotatable bonds is 11.